The monoisotopic (exact) mass is 810 g/mol. The van der Waals surface area contributed by atoms with E-state index in [1.165, 1.54) is 79.6 Å². The van der Waals surface area contributed by atoms with Gasteiger partial charge in [-0.25, -0.2) is 12.2 Å². The summed E-state index contributed by atoms with van der Waals surface area (Å²) in [5.41, 5.74) is 16.1. The maximum atomic E-state index is 3.91. The molecule has 276 valence electrons. The van der Waals surface area contributed by atoms with Gasteiger partial charge in [0.1, 0.15) is 0 Å². The van der Waals surface area contributed by atoms with E-state index in [0.717, 1.165) is 24.7 Å². The minimum Gasteiger partial charge on any atom is -0.273 e. The normalized spacial score (nSPS) is 12.6. The Balaban J connectivity index is 0.000000462. The molecule has 0 saturated carbocycles. The molecule has 0 heterocycles. The smallest absolute Gasteiger partial charge is 0.0126 e. The fourth-order valence-corrected chi connectivity index (χ4v) is 8.75. The van der Waals surface area contributed by atoms with Gasteiger partial charge in [-0.1, -0.05) is 130 Å². The molecule has 0 spiro atoms. The van der Waals surface area contributed by atoms with Crippen molar-refractivity contribution in [2.75, 3.05) is 0 Å². The van der Waals surface area contributed by atoms with Crippen LogP contribution in [0.5, 0.6) is 0 Å². The third-order valence-corrected chi connectivity index (χ3v) is 10.3. The minimum absolute atomic E-state index is 0. The Hall–Kier alpha value is -2.31. The number of rotatable bonds is 6. The van der Waals surface area contributed by atoms with Crippen LogP contribution in [-0.4, -0.2) is 3.21 Å². The van der Waals surface area contributed by atoms with Gasteiger partial charge in [-0.15, -0.1) is 60.1 Å². The van der Waals surface area contributed by atoms with Crippen LogP contribution >= 0.6 is 24.8 Å². The van der Waals surface area contributed by atoms with Crippen molar-refractivity contribution in [3.63, 3.8) is 0 Å². The number of hydrogen-bond acceptors (Lipinski definition) is 0. The molecule has 52 heavy (non-hydrogen) atoms. The Kier molecular flexibility index (Phi) is 17.5. The van der Waals surface area contributed by atoms with Crippen LogP contribution in [0, 0.1) is 37.8 Å². The number of benzene rings is 4. The molecular formula is C49H62Cl2Zr. The molecule has 0 fully saturated rings. The van der Waals surface area contributed by atoms with E-state index in [2.05, 4.69) is 168 Å². The molecule has 4 aromatic rings. The molecule has 6 rings (SSSR count). The van der Waals surface area contributed by atoms with E-state index in [4.69, 9.17) is 0 Å². The van der Waals surface area contributed by atoms with Gasteiger partial charge in [0.2, 0.25) is 0 Å². The second-order valence-corrected chi connectivity index (χ2v) is 19.0. The number of aryl methyl sites for hydroxylation is 2. The maximum Gasteiger partial charge on any atom is -0.0126 e. The largest absolute Gasteiger partial charge is 0.273 e. The molecule has 0 bridgehead atoms. The number of allylic oxidation sites excluding steroid dienone is 4. The van der Waals surface area contributed by atoms with E-state index in [-0.39, 0.29) is 35.6 Å². The zero-order chi connectivity index (χ0) is 36.8. The van der Waals surface area contributed by atoms with Crippen LogP contribution in [0.15, 0.2) is 85.0 Å². The Morgan fingerprint density at radius 3 is 1.60 bits per heavy atom. The van der Waals surface area contributed by atoms with Gasteiger partial charge in [0.25, 0.3) is 0 Å². The summed E-state index contributed by atoms with van der Waals surface area (Å²) < 4.78 is 1.75. The third kappa shape index (κ3) is 12.6. The zero-order valence-electron chi connectivity index (χ0n) is 33.9. The Bertz CT molecular complexity index is 1690. The Morgan fingerprint density at radius 1 is 0.673 bits per heavy atom. The first-order valence-corrected chi connectivity index (χ1v) is 19.9. The van der Waals surface area contributed by atoms with Gasteiger partial charge in [-0.05, 0) is 53.4 Å². The summed E-state index contributed by atoms with van der Waals surface area (Å²) in [6, 6.07) is 29.2. The van der Waals surface area contributed by atoms with E-state index in [1.54, 1.807) is 27.4 Å². The fraction of sp³-hybridized carbons (Fsp3) is 0.408. The van der Waals surface area contributed by atoms with Crippen molar-refractivity contribution < 1.29 is 24.2 Å². The van der Waals surface area contributed by atoms with Crippen molar-refractivity contribution in [2.45, 2.75) is 120 Å². The van der Waals surface area contributed by atoms with Crippen LogP contribution in [-0.2, 0) is 41.5 Å². The molecule has 0 atom stereocenters. The first kappa shape index (κ1) is 45.8. The molecule has 0 unspecified atom stereocenters. The molecule has 2 aliphatic rings. The van der Waals surface area contributed by atoms with Crippen LogP contribution < -0.4 is 0 Å². The average Bonchev–Trinajstić information content (AvgIpc) is 3.71. The summed E-state index contributed by atoms with van der Waals surface area (Å²) in [5, 5.41) is 0. The third-order valence-electron chi connectivity index (χ3n) is 9.27. The van der Waals surface area contributed by atoms with Gasteiger partial charge in [0.15, 0.2) is 0 Å². The second-order valence-electron chi connectivity index (χ2n) is 17.2. The quantitative estimate of drug-likeness (QED) is 0.150. The first-order valence-electron chi connectivity index (χ1n) is 18.6. The van der Waals surface area contributed by atoms with E-state index >= 15 is 0 Å². The van der Waals surface area contributed by atoms with Crippen LogP contribution in [0.1, 0.15) is 122 Å². The Labute approximate surface area is 345 Å². The predicted molar refractivity (Wildman–Crippen MR) is 231 cm³/mol. The molecule has 4 aromatic carbocycles. The van der Waals surface area contributed by atoms with E-state index in [1.807, 2.05) is 12.2 Å². The molecule has 0 amide bonds. The minimum atomic E-state index is 0. The van der Waals surface area contributed by atoms with Gasteiger partial charge in [0.05, 0.1) is 0 Å². The van der Waals surface area contributed by atoms with Crippen molar-refractivity contribution in [2.24, 2.45) is 11.8 Å². The molecule has 0 saturated heterocycles. The van der Waals surface area contributed by atoms with Crippen LogP contribution in [0.4, 0.5) is 0 Å². The van der Waals surface area contributed by atoms with Crippen molar-refractivity contribution in [1.29, 1.82) is 0 Å². The van der Waals surface area contributed by atoms with Gasteiger partial charge in [0, 0.05) is 0 Å². The first-order chi connectivity index (χ1) is 23.4. The summed E-state index contributed by atoms with van der Waals surface area (Å²) in [6.07, 6.45) is 13.6. The van der Waals surface area contributed by atoms with Gasteiger partial charge < -0.3 is 0 Å². The summed E-state index contributed by atoms with van der Waals surface area (Å²) in [5.74, 6) is 1.71. The van der Waals surface area contributed by atoms with Crippen molar-refractivity contribution in [3.05, 3.63) is 130 Å². The molecule has 0 N–H and O–H groups in total. The van der Waals surface area contributed by atoms with Gasteiger partial charge in [-0.2, -0.15) is 6.08 Å². The van der Waals surface area contributed by atoms with E-state index in [0.29, 0.717) is 0 Å². The topological polar surface area (TPSA) is 0 Å². The molecule has 0 aliphatic heterocycles. The standard InChI is InChI=1S/C35H37.C9H18.C5H5.2ClH.Zr/c1-22-9-13-24(14-10-22)30-18-26-17-27-19-31(25-15-11-23(2)12-16-25)33(35(6,7)8)21-29(27)28(26)20-32(30)34(3,4)5;1-8(2)6-5-7-9(3)4;1-2-4-5-3-1;;;/h9-16,18,20-21H,17H2,1-8H3;8-9H,6-7H2,1-4H3;1-3H,4H2;2*1H;/q-1;;-1;;;+2. The summed E-state index contributed by atoms with van der Waals surface area (Å²) in [4.78, 5) is 0. The summed E-state index contributed by atoms with van der Waals surface area (Å²) in [7, 11) is 0. The molecule has 0 aromatic heterocycles. The molecular weight excluding hydrogens is 751 g/mol. The average molecular weight is 813 g/mol. The molecule has 2 aliphatic carbocycles. The zero-order valence-corrected chi connectivity index (χ0v) is 38.0. The Morgan fingerprint density at radius 2 is 1.17 bits per heavy atom. The molecule has 0 radical (unpaired) electrons. The molecule has 0 nitrogen and oxygen atoms in total. The van der Waals surface area contributed by atoms with Crippen molar-refractivity contribution in [1.82, 2.24) is 0 Å². The summed E-state index contributed by atoms with van der Waals surface area (Å²) in [6.45, 7) is 27.4. The fourth-order valence-electron chi connectivity index (χ4n) is 6.74. The second kappa shape index (κ2) is 19.9. The summed E-state index contributed by atoms with van der Waals surface area (Å²) >= 11 is 1.65. The number of halogens is 2. The van der Waals surface area contributed by atoms with Gasteiger partial charge >= 0.3 is 79.8 Å². The van der Waals surface area contributed by atoms with E-state index < -0.39 is 0 Å². The predicted octanol–water partition coefficient (Wildman–Crippen LogP) is 14.6. The number of hydrogen-bond donors (Lipinski definition) is 0. The van der Waals surface area contributed by atoms with Crippen LogP contribution in [0.3, 0.4) is 0 Å². The van der Waals surface area contributed by atoms with E-state index in [9.17, 15) is 0 Å². The number of fused-ring (bicyclic) bond motifs is 3. The van der Waals surface area contributed by atoms with Crippen LogP contribution in [0.2, 0.25) is 0 Å². The van der Waals surface area contributed by atoms with Crippen molar-refractivity contribution >= 4 is 28.0 Å². The molecule has 3 heteroatoms. The maximum absolute atomic E-state index is 3.91. The van der Waals surface area contributed by atoms with Gasteiger partial charge in [-0.3, -0.25) is 6.08 Å². The SMILES string of the molecule is CC(C)C[C](=[Zr+2])CC(C)C.Cc1ccc(-c2[c-]c3c(cc2C(C)(C)C)-c2cc(C(C)(C)C)c(-c4ccc(C)cc4)cc2C3)cc1.Cl.Cl.[C-]1=CC=CC1. The van der Waals surface area contributed by atoms with Crippen LogP contribution in [0.25, 0.3) is 33.4 Å². The van der Waals surface area contributed by atoms with Crippen molar-refractivity contribution in [3.8, 4) is 33.4 Å².